The average molecular weight is 272 g/mol. The summed E-state index contributed by atoms with van der Waals surface area (Å²) in [4.78, 5) is 23.6. The van der Waals surface area contributed by atoms with Crippen LogP contribution in [0.1, 0.15) is 58.3 Å². The Labute approximate surface area is 121 Å². The van der Waals surface area contributed by atoms with E-state index in [0.717, 1.165) is 43.9 Å². The highest BCUT2D eigenvalue weighted by Gasteiger charge is 2.54. The number of ketones is 2. The zero-order chi connectivity index (χ0) is 13.9. The second-order valence-electron chi connectivity index (χ2n) is 7.92. The van der Waals surface area contributed by atoms with Crippen molar-refractivity contribution in [3.63, 3.8) is 0 Å². The minimum absolute atomic E-state index is 0.296. The number of rotatable bonds is 0. The van der Waals surface area contributed by atoms with Gasteiger partial charge in [-0.15, -0.1) is 0 Å². The molecule has 3 fully saturated rings. The molecule has 0 aliphatic heterocycles. The van der Waals surface area contributed by atoms with Crippen molar-refractivity contribution in [3.05, 3.63) is 11.6 Å². The maximum Gasteiger partial charge on any atom is 0.155 e. The Bertz CT molecular complexity index is 504. The van der Waals surface area contributed by atoms with Gasteiger partial charge in [0.05, 0.1) is 0 Å². The lowest BCUT2D eigenvalue weighted by Gasteiger charge is -2.52. The maximum absolute atomic E-state index is 12.0. The molecule has 4 rings (SSSR count). The first-order valence-corrected chi connectivity index (χ1v) is 8.32. The number of carbonyl (C=O) groups is 2. The Balaban J connectivity index is 1.64. The van der Waals surface area contributed by atoms with E-state index in [4.69, 9.17) is 0 Å². The number of hydrogen-bond donors (Lipinski definition) is 0. The van der Waals surface area contributed by atoms with Crippen LogP contribution in [0.2, 0.25) is 0 Å². The normalized spacial score (nSPS) is 47.4. The summed E-state index contributed by atoms with van der Waals surface area (Å²) in [6, 6.07) is 0. The van der Waals surface area contributed by atoms with Gasteiger partial charge in [-0.25, -0.2) is 0 Å². The molecule has 0 aromatic carbocycles. The third-order valence-corrected chi connectivity index (χ3v) is 6.87. The van der Waals surface area contributed by atoms with Crippen LogP contribution < -0.4 is 0 Å². The largest absolute Gasteiger partial charge is 0.300 e. The minimum atomic E-state index is 0.296. The van der Waals surface area contributed by atoms with Crippen LogP contribution in [0.25, 0.3) is 0 Å². The molecule has 0 heterocycles. The highest BCUT2D eigenvalue weighted by Crippen LogP contribution is 2.60. The molecule has 0 spiro atoms. The van der Waals surface area contributed by atoms with Gasteiger partial charge >= 0.3 is 0 Å². The molecule has 0 unspecified atom stereocenters. The zero-order valence-electron chi connectivity index (χ0n) is 12.4. The molecule has 0 radical (unpaired) electrons. The van der Waals surface area contributed by atoms with E-state index >= 15 is 0 Å². The van der Waals surface area contributed by atoms with E-state index in [1.165, 1.54) is 24.8 Å². The molecule has 5 atom stereocenters. The van der Waals surface area contributed by atoms with Crippen molar-refractivity contribution < 1.29 is 9.59 Å². The van der Waals surface area contributed by atoms with Crippen LogP contribution in [0.3, 0.4) is 0 Å². The molecule has 0 aromatic rings. The average Bonchev–Trinajstić information content (AvgIpc) is 2.72. The lowest BCUT2D eigenvalue weighted by molar-refractivity contribution is -0.118. The summed E-state index contributed by atoms with van der Waals surface area (Å²) in [5.41, 5.74) is 1.74. The van der Waals surface area contributed by atoms with Crippen molar-refractivity contribution in [1.82, 2.24) is 0 Å². The quantitative estimate of drug-likeness (QED) is 0.674. The highest BCUT2D eigenvalue weighted by molar-refractivity contribution is 5.91. The topological polar surface area (TPSA) is 34.1 Å². The standard InChI is InChI=1S/C18H24O2/c1-18-7-6-15-14-5-3-12(19)8-11(14)2-4-16(15)17(18)9-13(20)10-18/h8,14-17H,2-7,9-10H2,1H3/t14-,15+,16+,17-,18+/m0/s1. The van der Waals surface area contributed by atoms with Crippen molar-refractivity contribution in [2.75, 3.05) is 0 Å². The first-order chi connectivity index (χ1) is 9.57. The van der Waals surface area contributed by atoms with Gasteiger partial charge < -0.3 is 0 Å². The van der Waals surface area contributed by atoms with E-state index in [9.17, 15) is 9.59 Å². The van der Waals surface area contributed by atoms with E-state index in [1.54, 1.807) is 0 Å². The molecule has 4 aliphatic rings. The Morgan fingerprint density at radius 2 is 1.95 bits per heavy atom. The minimum Gasteiger partial charge on any atom is -0.300 e. The third kappa shape index (κ3) is 1.76. The predicted octanol–water partition coefficient (Wildman–Crippen LogP) is 3.70. The number of fused-ring (bicyclic) bond motifs is 5. The summed E-state index contributed by atoms with van der Waals surface area (Å²) in [6.07, 6.45) is 10.3. The molecule has 2 heteroatoms. The van der Waals surface area contributed by atoms with E-state index in [-0.39, 0.29) is 0 Å². The SMILES string of the molecule is C[C@]12CC[C@H]3[C@@H](CCC4=CC(=O)CC[C@@H]43)[C@@H]1CC(=O)C2. The third-order valence-electron chi connectivity index (χ3n) is 6.87. The summed E-state index contributed by atoms with van der Waals surface area (Å²) in [5, 5.41) is 0. The van der Waals surface area contributed by atoms with Crippen LogP contribution in [0.4, 0.5) is 0 Å². The van der Waals surface area contributed by atoms with Gasteiger partial charge in [0, 0.05) is 19.3 Å². The predicted molar refractivity (Wildman–Crippen MR) is 77.1 cm³/mol. The zero-order valence-corrected chi connectivity index (χ0v) is 12.4. The van der Waals surface area contributed by atoms with Crippen LogP contribution in [0.5, 0.6) is 0 Å². The van der Waals surface area contributed by atoms with Gasteiger partial charge in [0.15, 0.2) is 5.78 Å². The fourth-order valence-corrected chi connectivity index (χ4v) is 5.96. The number of carbonyl (C=O) groups excluding carboxylic acids is 2. The molecule has 2 nitrogen and oxygen atoms in total. The summed E-state index contributed by atoms with van der Waals surface area (Å²) in [5.74, 6) is 3.63. The Morgan fingerprint density at radius 3 is 2.80 bits per heavy atom. The molecule has 0 amide bonds. The fourth-order valence-electron chi connectivity index (χ4n) is 5.96. The second-order valence-corrected chi connectivity index (χ2v) is 7.92. The summed E-state index contributed by atoms with van der Waals surface area (Å²) in [6.45, 7) is 2.36. The van der Waals surface area contributed by atoms with Gasteiger partial charge in [-0.3, -0.25) is 9.59 Å². The summed E-state index contributed by atoms with van der Waals surface area (Å²) >= 11 is 0. The van der Waals surface area contributed by atoms with Crippen LogP contribution in [0, 0.1) is 29.1 Å². The van der Waals surface area contributed by atoms with Gasteiger partial charge in [0.25, 0.3) is 0 Å². The van der Waals surface area contributed by atoms with Crippen LogP contribution >= 0.6 is 0 Å². The van der Waals surface area contributed by atoms with Crippen LogP contribution in [-0.2, 0) is 9.59 Å². The Hall–Kier alpha value is -0.920. The van der Waals surface area contributed by atoms with Gasteiger partial charge in [0.2, 0.25) is 0 Å². The van der Waals surface area contributed by atoms with Crippen molar-refractivity contribution in [3.8, 4) is 0 Å². The molecule has 20 heavy (non-hydrogen) atoms. The first-order valence-electron chi connectivity index (χ1n) is 8.32. The molecule has 0 N–H and O–H groups in total. The van der Waals surface area contributed by atoms with E-state index in [1.807, 2.05) is 6.08 Å². The molecular weight excluding hydrogens is 248 g/mol. The van der Waals surface area contributed by atoms with Gasteiger partial charge in [-0.1, -0.05) is 12.5 Å². The van der Waals surface area contributed by atoms with E-state index in [0.29, 0.717) is 28.8 Å². The lowest BCUT2D eigenvalue weighted by Crippen LogP contribution is -2.44. The van der Waals surface area contributed by atoms with Gasteiger partial charge in [-0.2, -0.15) is 0 Å². The second kappa shape index (κ2) is 4.29. The van der Waals surface area contributed by atoms with Crippen LogP contribution in [0.15, 0.2) is 11.6 Å². The Morgan fingerprint density at radius 1 is 1.10 bits per heavy atom. The molecular formula is C18H24O2. The van der Waals surface area contributed by atoms with Crippen molar-refractivity contribution >= 4 is 11.6 Å². The first kappa shape index (κ1) is 12.8. The van der Waals surface area contributed by atoms with Crippen molar-refractivity contribution in [2.24, 2.45) is 29.1 Å². The van der Waals surface area contributed by atoms with E-state index < -0.39 is 0 Å². The highest BCUT2D eigenvalue weighted by atomic mass is 16.1. The monoisotopic (exact) mass is 272 g/mol. The van der Waals surface area contributed by atoms with Crippen LogP contribution in [-0.4, -0.2) is 11.6 Å². The molecule has 3 saturated carbocycles. The Kier molecular flexibility index (Phi) is 2.74. The number of Topliss-reactive ketones (excluding diaryl/α,β-unsaturated/α-hetero) is 1. The maximum atomic E-state index is 12.0. The van der Waals surface area contributed by atoms with Crippen molar-refractivity contribution in [1.29, 1.82) is 0 Å². The van der Waals surface area contributed by atoms with Crippen molar-refractivity contribution in [2.45, 2.75) is 58.3 Å². The molecule has 0 bridgehead atoms. The molecule has 108 valence electrons. The lowest BCUT2D eigenvalue weighted by atomic mass is 9.52. The van der Waals surface area contributed by atoms with Gasteiger partial charge in [-0.05, 0) is 67.3 Å². The van der Waals surface area contributed by atoms with E-state index in [2.05, 4.69) is 6.92 Å². The van der Waals surface area contributed by atoms with Gasteiger partial charge in [0.1, 0.15) is 5.78 Å². The molecule has 0 aromatic heterocycles. The fraction of sp³-hybridized carbons (Fsp3) is 0.778. The number of allylic oxidation sites excluding steroid dienone is 1. The molecule has 0 saturated heterocycles. The smallest absolute Gasteiger partial charge is 0.155 e. The number of hydrogen-bond acceptors (Lipinski definition) is 2. The molecule has 4 aliphatic carbocycles. The summed E-state index contributed by atoms with van der Waals surface area (Å²) in [7, 11) is 0. The summed E-state index contributed by atoms with van der Waals surface area (Å²) < 4.78 is 0.